The average Bonchev–Trinajstić information content (AvgIpc) is 3.24. The number of methoxy groups -OCH3 is 2. The first-order valence-electron chi connectivity index (χ1n) is 12.2. The van der Waals surface area contributed by atoms with E-state index in [9.17, 15) is 19.6 Å². The van der Waals surface area contributed by atoms with Gasteiger partial charge in [-0.1, -0.05) is 12.1 Å². The summed E-state index contributed by atoms with van der Waals surface area (Å²) in [5, 5.41) is 9.81. The van der Waals surface area contributed by atoms with Crippen LogP contribution in [0.2, 0.25) is 0 Å². The maximum atomic E-state index is 13.4. The summed E-state index contributed by atoms with van der Waals surface area (Å²) < 4.78 is 11.4. The molecule has 0 atom stereocenters. The molecule has 0 saturated carbocycles. The molecule has 1 aromatic heterocycles. The minimum Gasteiger partial charge on any atom is -0.465 e. The number of esters is 2. The molecule has 3 rings (SSSR count). The number of rotatable bonds is 9. The summed E-state index contributed by atoms with van der Waals surface area (Å²) in [5.41, 5.74) is 4.21. The summed E-state index contributed by atoms with van der Waals surface area (Å²) >= 11 is 0. The Morgan fingerprint density at radius 3 is 1.95 bits per heavy atom. The molecule has 0 amide bonds. The highest BCUT2D eigenvalue weighted by Crippen LogP contribution is 2.26. The van der Waals surface area contributed by atoms with Crippen molar-refractivity contribution in [2.45, 2.75) is 27.7 Å². The predicted octanol–water partition coefficient (Wildman–Crippen LogP) is 5.30. The zero-order valence-corrected chi connectivity index (χ0v) is 22.5. The maximum absolute atomic E-state index is 13.4. The molecule has 0 spiro atoms. The van der Waals surface area contributed by atoms with Gasteiger partial charge in [-0.3, -0.25) is 4.79 Å². The third kappa shape index (κ3) is 5.68. The van der Waals surface area contributed by atoms with Crippen LogP contribution >= 0.6 is 0 Å². The molecule has 0 N–H and O–H groups in total. The number of allylic oxidation sites excluding steroid dienone is 1. The molecule has 2 aromatic carbocycles. The molecule has 3 aromatic rings. The molecule has 196 valence electrons. The molecular formula is C30H31N3O5. The van der Waals surface area contributed by atoms with Crippen LogP contribution in [0.1, 0.15) is 61.9 Å². The summed E-state index contributed by atoms with van der Waals surface area (Å²) in [7, 11) is 2.51. The van der Waals surface area contributed by atoms with E-state index in [1.165, 1.54) is 20.3 Å². The number of hydrogen-bond acceptors (Lipinski definition) is 7. The average molecular weight is 514 g/mol. The lowest BCUT2D eigenvalue weighted by Crippen LogP contribution is -2.21. The van der Waals surface area contributed by atoms with Gasteiger partial charge in [0.15, 0.2) is 0 Å². The Labute approximate surface area is 222 Å². The van der Waals surface area contributed by atoms with Gasteiger partial charge in [0.05, 0.1) is 25.3 Å². The maximum Gasteiger partial charge on any atom is 0.337 e. The summed E-state index contributed by atoms with van der Waals surface area (Å²) in [4.78, 5) is 40.2. The minimum absolute atomic E-state index is 0.000555. The summed E-state index contributed by atoms with van der Waals surface area (Å²) in [6, 6.07) is 16.0. The number of ketones is 1. The van der Waals surface area contributed by atoms with Gasteiger partial charge in [-0.15, -0.1) is 0 Å². The first-order valence-corrected chi connectivity index (χ1v) is 12.2. The second kappa shape index (κ2) is 12.1. The van der Waals surface area contributed by atoms with Crippen LogP contribution in [0.4, 0.5) is 5.69 Å². The van der Waals surface area contributed by atoms with Gasteiger partial charge < -0.3 is 18.9 Å². The Kier molecular flexibility index (Phi) is 8.87. The summed E-state index contributed by atoms with van der Waals surface area (Å²) in [5.74, 6) is -1.65. The van der Waals surface area contributed by atoms with E-state index in [1.54, 1.807) is 42.7 Å². The van der Waals surface area contributed by atoms with E-state index in [0.717, 1.165) is 24.3 Å². The molecule has 0 saturated heterocycles. The Hall–Kier alpha value is -4.64. The van der Waals surface area contributed by atoms with Crippen LogP contribution in [0, 0.1) is 25.2 Å². The van der Waals surface area contributed by atoms with E-state index in [4.69, 9.17) is 9.47 Å². The fourth-order valence-corrected chi connectivity index (χ4v) is 4.43. The molecule has 0 fully saturated rings. The van der Waals surface area contributed by atoms with Crippen LogP contribution in [0.3, 0.4) is 0 Å². The molecule has 0 bridgehead atoms. The number of carbonyl (C=O) groups is 3. The van der Waals surface area contributed by atoms with Crippen LogP contribution in [0.25, 0.3) is 11.8 Å². The number of nitrogens with zero attached hydrogens (tertiary/aromatic N) is 3. The highest BCUT2D eigenvalue weighted by molar-refractivity contribution is 6.15. The third-order valence-corrected chi connectivity index (χ3v) is 6.39. The van der Waals surface area contributed by atoms with Gasteiger partial charge in [-0.05, 0) is 75.7 Å². The van der Waals surface area contributed by atoms with Crippen molar-refractivity contribution in [2.75, 3.05) is 32.2 Å². The van der Waals surface area contributed by atoms with Gasteiger partial charge >= 0.3 is 11.9 Å². The standard InChI is InChI=1S/C30H31N3O5/c1-7-32(8-2)25-11-9-21(10-12-25)14-24(18-31)28(34)27-13-19(3)33(20(27)4)26-16-22(29(35)37-5)15-23(17-26)30(36)38-6/h9-17H,7-8H2,1-6H3/b24-14-. The van der Waals surface area contributed by atoms with Crippen LogP contribution in [-0.2, 0) is 9.47 Å². The Balaban J connectivity index is 2.04. The van der Waals surface area contributed by atoms with Gasteiger partial charge in [0.1, 0.15) is 11.6 Å². The number of aryl methyl sites for hydroxylation is 1. The van der Waals surface area contributed by atoms with Gasteiger partial charge in [0, 0.05) is 41.4 Å². The molecule has 0 aliphatic rings. The number of carbonyl (C=O) groups excluding carboxylic acids is 3. The van der Waals surface area contributed by atoms with E-state index in [-0.39, 0.29) is 16.7 Å². The van der Waals surface area contributed by atoms with Crippen LogP contribution < -0.4 is 4.90 Å². The Morgan fingerprint density at radius 2 is 1.47 bits per heavy atom. The van der Waals surface area contributed by atoms with Crippen molar-refractivity contribution in [1.29, 1.82) is 5.26 Å². The molecule has 8 nitrogen and oxygen atoms in total. The van der Waals surface area contributed by atoms with E-state index < -0.39 is 17.7 Å². The summed E-state index contributed by atoms with van der Waals surface area (Å²) in [6.07, 6.45) is 1.58. The molecule has 0 unspecified atom stereocenters. The van der Waals surface area contributed by atoms with Crippen molar-refractivity contribution in [3.63, 3.8) is 0 Å². The van der Waals surface area contributed by atoms with E-state index in [1.807, 2.05) is 30.3 Å². The predicted molar refractivity (Wildman–Crippen MR) is 146 cm³/mol. The van der Waals surface area contributed by atoms with E-state index in [2.05, 4.69) is 18.7 Å². The largest absolute Gasteiger partial charge is 0.465 e. The van der Waals surface area contributed by atoms with Crippen molar-refractivity contribution in [1.82, 2.24) is 4.57 Å². The Bertz CT molecular complexity index is 1400. The van der Waals surface area contributed by atoms with Gasteiger partial charge in [0.2, 0.25) is 5.78 Å². The summed E-state index contributed by atoms with van der Waals surface area (Å²) in [6.45, 7) is 9.48. The first kappa shape index (κ1) is 27.9. The van der Waals surface area contributed by atoms with Crippen molar-refractivity contribution < 1.29 is 23.9 Å². The number of hydrogen-bond donors (Lipinski definition) is 0. The zero-order valence-electron chi connectivity index (χ0n) is 22.5. The number of Topliss-reactive ketones (excluding diaryl/α,β-unsaturated/α-hetero) is 1. The highest BCUT2D eigenvalue weighted by Gasteiger charge is 2.22. The zero-order chi connectivity index (χ0) is 28.0. The fourth-order valence-electron chi connectivity index (χ4n) is 4.43. The molecule has 8 heteroatoms. The SMILES string of the molecule is CCN(CC)c1ccc(/C=C(/C#N)C(=O)c2cc(C)n(-c3cc(C(=O)OC)cc(C(=O)OC)c3)c2C)cc1. The molecule has 0 aliphatic heterocycles. The molecule has 0 aliphatic carbocycles. The van der Waals surface area contributed by atoms with Gasteiger partial charge in [-0.25, -0.2) is 9.59 Å². The molecule has 38 heavy (non-hydrogen) atoms. The fraction of sp³-hybridized carbons (Fsp3) is 0.267. The van der Waals surface area contributed by atoms with E-state index >= 15 is 0 Å². The number of ether oxygens (including phenoxy) is 2. The lowest BCUT2D eigenvalue weighted by molar-refractivity contribution is 0.0599. The lowest BCUT2D eigenvalue weighted by atomic mass is 10.0. The first-order chi connectivity index (χ1) is 18.2. The minimum atomic E-state index is -0.613. The lowest BCUT2D eigenvalue weighted by Gasteiger charge is -2.20. The normalized spacial score (nSPS) is 11.0. The van der Waals surface area contributed by atoms with Crippen molar-refractivity contribution in [3.05, 3.63) is 87.7 Å². The topological polar surface area (TPSA) is 102 Å². The number of aromatic nitrogens is 1. The van der Waals surface area contributed by atoms with Crippen molar-refractivity contribution in [3.8, 4) is 11.8 Å². The second-order valence-corrected chi connectivity index (χ2v) is 8.63. The molecular weight excluding hydrogens is 482 g/mol. The van der Waals surface area contributed by atoms with Crippen LogP contribution in [-0.4, -0.2) is 49.6 Å². The van der Waals surface area contributed by atoms with Crippen molar-refractivity contribution in [2.24, 2.45) is 0 Å². The number of anilines is 1. The third-order valence-electron chi connectivity index (χ3n) is 6.39. The number of nitriles is 1. The highest BCUT2D eigenvalue weighted by atomic mass is 16.5. The van der Waals surface area contributed by atoms with Gasteiger partial charge in [-0.2, -0.15) is 5.26 Å². The monoisotopic (exact) mass is 513 g/mol. The quantitative estimate of drug-likeness (QED) is 0.166. The second-order valence-electron chi connectivity index (χ2n) is 8.63. The molecule has 1 heterocycles. The molecule has 0 radical (unpaired) electrons. The van der Waals surface area contributed by atoms with Gasteiger partial charge in [0.25, 0.3) is 0 Å². The van der Waals surface area contributed by atoms with Crippen LogP contribution in [0.5, 0.6) is 0 Å². The van der Waals surface area contributed by atoms with Crippen molar-refractivity contribution >= 4 is 29.5 Å². The Morgan fingerprint density at radius 1 is 0.921 bits per heavy atom. The van der Waals surface area contributed by atoms with E-state index in [0.29, 0.717) is 22.6 Å². The smallest absolute Gasteiger partial charge is 0.337 e. The van der Waals surface area contributed by atoms with Crippen LogP contribution in [0.15, 0.2) is 54.1 Å². The number of benzene rings is 2.